The van der Waals surface area contributed by atoms with Crippen molar-refractivity contribution in [2.45, 2.75) is 50.7 Å². The maximum absolute atomic E-state index is 11.6. The molecular formula is C18H20O7. The van der Waals surface area contributed by atoms with Gasteiger partial charge >= 0.3 is 11.9 Å². The van der Waals surface area contributed by atoms with Gasteiger partial charge in [0.25, 0.3) is 0 Å². The quantitative estimate of drug-likeness (QED) is 0.602. The molecule has 0 N–H and O–H groups in total. The second-order valence-corrected chi connectivity index (χ2v) is 6.55. The van der Waals surface area contributed by atoms with Gasteiger partial charge in [-0.25, -0.2) is 0 Å². The maximum Gasteiger partial charge on any atom is 0.303 e. The molecule has 4 rings (SSSR count). The minimum absolute atomic E-state index is 0.0684. The highest BCUT2D eigenvalue weighted by molar-refractivity contribution is 5.67. The molecule has 1 aromatic rings. The van der Waals surface area contributed by atoms with Gasteiger partial charge in [-0.3, -0.25) is 9.59 Å². The summed E-state index contributed by atoms with van der Waals surface area (Å²) < 4.78 is 28.5. The average Bonchev–Trinajstić information content (AvgIpc) is 3.38. The fourth-order valence-corrected chi connectivity index (χ4v) is 3.73. The van der Waals surface area contributed by atoms with Crippen molar-refractivity contribution in [3.05, 3.63) is 35.9 Å². The Morgan fingerprint density at radius 2 is 1.56 bits per heavy atom. The van der Waals surface area contributed by atoms with E-state index in [1.54, 1.807) is 0 Å². The third kappa shape index (κ3) is 3.15. The van der Waals surface area contributed by atoms with Crippen molar-refractivity contribution in [2.75, 3.05) is 6.61 Å². The first-order valence-electron chi connectivity index (χ1n) is 8.36. The van der Waals surface area contributed by atoms with Crippen molar-refractivity contribution < 1.29 is 33.3 Å². The first kappa shape index (κ1) is 16.5. The van der Waals surface area contributed by atoms with E-state index < -0.39 is 36.5 Å². The highest BCUT2D eigenvalue weighted by atomic mass is 16.7. The molecule has 1 saturated carbocycles. The Labute approximate surface area is 145 Å². The topological polar surface area (TPSA) is 83.6 Å². The molecule has 2 aliphatic heterocycles. The van der Waals surface area contributed by atoms with E-state index >= 15 is 0 Å². The van der Waals surface area contributed by atoms with E-state index in [4.69, 9.17) is 23.7 Å². The summed E-state index contributed by atoms with van der Waals surface area (Å²) in [7, 11) is 0. The molecule has 3 fully saturated rings. The van der Waals surface area contributed by atoms with Crippen LogP contribution in [0.15, 0.2) is 30.3 Å². The molecule has 1 aromatic carbocycles. The van der Waals surface area contributed by atoms with Crippen molar-refractivity contribution >= 4 is 11.9 Å². The number of hydrogen-bond donors (Lipinski definition) is 0. The van der Waals surface area contributed by atoms with Crippen molar-refractivity contribution in [3.63, 3.8) is 0 Å². The van der Waals surface area contributed by atoms with Gasteiger partial charge in [-0.2, -0.15) is 0 Å². The molecule has 7 nitrogen and oxygen atoms in total. The van der Waals surface area contributed by atoms with Crippen molar-refractivity contribution in [2.24, 2.45) is 5.92 Å². The first-order chi connectivity index (χ1) is 12.0. The zero-order valence-electron chi connectivity index (χ0n) is 14.0. The van der Waals surface area contributed by atoms with Crippen LogP contribution in [0.3, 0.4) is 0 Å². The molecule has 7 atom stereocenters. The highest BCUT2D eigenvalue weighted by Gasteiger charge is 2.65. The number of carbonyl (C=O) groups excluding carboxylic acids is 2. The van der Waals surface area contributed by atoms with E-state index in [0.29, 0.717) is 6.61 Å². The monoisotopic (exact) mass is 348 g/mol. The number of esters is 2. The molecule has 7 heteroatoms. The van der Waals surface area contributed by atoms with Crippen LogP contribution in [-0.2, 0) is 33.3 Å². The lowest BCUT2D eigenvalue weighted by Crippen LogP contribution is -2.58. The van der Waals surface area contributed by atoms with E-state index in [1.807, 2.05) is 30.3 Å². The Morgan fingerprint density at radius 3 is 2.20 bits per heavy atom. The van der Waals surface area contributed by atoms with Gasteiger partial charge < -0.3 is 23.7 Å². The molecule has 1 aliphatic carbocycles. The van der Waals surface area contributed by atoms with Crippen molar-refractivity contribution in [3.8, 4) is 0 Å². The van der Waals surface area contributed by atoms with Gasteiger partial charge in [0.1, 0.15) is 12.2 Å². The highest BCUT2D eigenvalue weighted by Crippen LogP contribution is 2.48. The van der Waals surface area contributed by atoms with Crippen LogP contribution in [0.2, 0.25) is 0 Å². The summed E-state index contributed by atoms with van der Waals surface area (Å²) in [6.07, 6.45) is -2.80. The van der Waals surface area contributed by atoms with Gasteiger partial charge in [-0.05, 0) is 0 Å². The van der Waals surface area contributed by atoms with Gasteiger partial charge in [0.15, 0.2) is 18.5 Å². The number of hydrogen-bond acceptors (Lipinski definition) is 7. The predicted octanol–water partition coefficient (Wildman–Crippen LogP) is 1.36. The summed E-state index contributed by atoms with van der Waals surface area (Å²) in [6.45, 7) is 3.08. The molecule has 0 radical (unpaired) electrons. The Balaban J connectivity index is 1.59. The summed E-state index contributed by atoms with van der Waals surface area (Å²) in [5.74, 6) is -0.964. The van der Waals surface area contributed by atoms with E-state index in [1.165, 1.54) is 13.8 Å². The van der Waals surface area contributed by atoms with E-state index in [-0.39, 0.29) is 18.1 Å². The largest absolute Gasteiger partial charge is 0.456 e. The van der Waals surface area contributed by atoms with Crippen LogP contribution in [0.1, 0.15) is 25.7 Å². The fourth-order valence-electron chi connectivity index (χ4n) is 3.73. The van der Waals surface area contributed by atoms with Crippen molar-refractivity contribution in [1.29, 1.82) is 0 Å². The van der Waals surface area contributed by atoms with Gasteiger partial charge in [0.05, 0.1) is 12.7 Å². The summed E-state index contributed by atoms with van der Waals surface area (Å²) in [6, 6.07) is 9.54. The number of rotatable bonds is 3. The second kappa shape index (κ2) is 6.40. The fraction of sp³-hybridized carbons (Fsp3) is 0.556. The summed E-state index contributed by atoms with van der Waals surface area (Å²) >= 11 is 0. The maximum atomic E-state index is 11.6. The molecule has 0 aromatic heterocycles. The van der Waals surface area contributed by atoms with Gasteiger partial charge in [0.2, 0.25) is 0 Å². The SMILES string of the molecule is CC(=O)O[C@@H]1[C@@H](OC(C)=O)[C@@H]2O[C@H](c3ccccc3)OC[C@H]2[C@H]2O[C@@H]12. The lowest BCUT2D eigenvalue weighted by molar-refractivity contribution is -0.280. The molecule has 2 heterocycles. The summed E-state index contributed by atoms with van der Waals surface area (Å²) in [5.41, 5.74) is 0.880. The van der Waals surface area contributed by atoms with Gasteiger partial charge in [-0.15, -0.1) is 0 Å². The second-order valence-electron chi connectivity index (χ2n) is 6.55. The molecule has 0 bridgehead atoms. The molecular weight excluding hydrogens is 328 g/mol. The normalized spacial score (nSPS) is 38.9. The average molecular weight is 348 g/mol. The number of fused-ring (bicyclic) bond motifs is 3. The molecule has 0 unspecified atom stereocenters. The third-order valence-corrected chi connectivity index (χ3v) is 4.77. The van der Waals surface area contributed by atoms with Crippen LogP contribution in [-0.4, -0.2) is 49.1 Å². The lowest BCUT2D eigenvalue weighted by atomic mass is 9.82. The van der Waals surface area contributed by atoms with Gasteiger partial charge in [-0.1, -0.05) is 30.3 Å². The van der Waals surface area contributed by atoms with E-state index in [0.717, 1.165) is 5.56 Å². The minimum Gasteiger partial charge on any atom is -0.456 e. The predicted molar refractivity (Wildman–Crippen MR) is 83.3 cm³/mol. The van der Waals surface area contributed by atoms with Crippen LogP contribution >= 0.6 is 0 Å². The molecule has 3 aliphatic rings. The zero-order chi connectivity index (χ0) is 17.6. The molecule has 0 amide bonds. The van der Waals surface area contributed by atoms with E-state index in [2.05, 4.69) is 0 Å². The van der Waals surface area contributed by atoms with Gasteiger partial charge in [0, 0.05) is 25.3 Å². The summed E-state index contributed by atoms with van der Waals surface area (Å²) in [4.78, 5) is 23.1. The van der Waals surface area contributed by atoms with Crippen molar-refractivity contribution in [1.82, 2.24) is 0 Å². The third-order valence-electron chi connectivity index (χ3n) is 4.77. The Hall–Kier alpha value is -1.96. The molecule has 25 heavy (non-hydrogen) atoms. The number of epoxide rings is 1. The Bertz CT molecular complexity index is 661. The first-order valence-corrected chi connectivity index (χ1v) is 8.36. The van der Waals surface area contributed by atoms with Crippen LogP contribution in [0.25, 0.3) is 0 Å². The molecule has 2 saturated heterocycles. The summed E-state index contributed by atoms with van der Waals surface area (Å²) in [5, 5.41) is 0. The van der Waals surface area contributed by atoms with E-state index in [9.17, 15) is 9.59 Å². The number of benzene rings is 1. The number of carbonyl (C=O) groups is 2. The molecule has 134 valence electrons. The molecule has 0 spiro atoms. The zero-order valence-corrected chi connectivity index (χ0v) is 14.0. The Kier molecular flexibility index (Phi) is 4.23. The van der Waals surface area contributed by atoms with Crippen LogP contribution in [0.4, 0.5) is 0 Å². The lowest BCUT2D eigenvalue weighted by Gasteiger charge is -2.43. The van der Waals surface area contributed by atoms with Crippen LogP contribution in [0, 0.1) is 5.92 Å². The Morgan fingerprint density at radius 1 is 0.920 bits per heavy atom. The standard InChI is InChI=1S/C18H20O7/c1-9(19)22-15-14-12(13-16(24-13)17(15)23-10(2)20)8-21-18(25-14)11-6-4-3-5-7-11/h3-7,12-18H,8H2,1-2H3/t12-,13+,14+,15-,16+,17+,18+/m0/s1. The van der Waals surface area contributed by atoms with Crippen LogP contribution < -0.4 is 0 Å². The van der Waals surface area contributed by atoms with Crippen LogP contribution in [0.5, 0.6) is 0 Å². The number of ether oxygens (including phenoxy) is 5. The smallest absolute Gasteiger partial charge is 0.303 e. The minimum atomic E-state index is -0.717.